The smallest absolute Gasteiger partial charge is 0.275 e. The minimum atomic E-state index is -0.399. The van der Waals surface area contributed by atoms with Gasteiger partial charge in [0.25, 0.3) is 17.1 Å². The highest BCUT2D eigenvalue weighted by molar-refractivity contribution is 14.1. The van der Waals surface area contributed by atoms with Crippen molar-refractivity contribution in [1.29, 1.82) is 0 Å². The number of para-hydroxylation sites is 3. The molecule has 3 aromatic heterocycles. The molecule has 0 N–H and O–H groups in total. The van der Waals surface area contributed by atoms with Crippen LogP contribution in [0.15, 0.2) is 97.5 Å². The second kappa shape index (κ2) is 19.0. The van der Waals surface area contributed by atoms with Gasteiger partial charge < -0.3 is 0 Å². The number of benzene rings is 3. The van der Waals surface area contributed by atoms with Gasteiger partial charge in [-0.1, -0.05) is 63.1 Å². The summed E-state index contributed by atoms with van der Waals surface area (Å²) in [5.74, 6) is 6.22. The first-order chi connectivity index (χ1) is 24.6. The summed E-state index contributed by atoms with van der Waals surface area (Å²) in [6.45, 7) is 6.04. The lowest BCUT2D eigenvalue weighted by atomic mass is 9.97. The van der Waals surface area contributed by atoms with Crippen molar-refractivity contribution >= 4 is 39.7 Å². The van der Waals surface area contributed by atoms with Gasteiger partial charge in [-0.2, -0.15) is 15.3 Å². The molecular formula is C38H42IN9O6. The molecule has 0 fully saturated rings. The third kappa shape index (κ3) is 11.4. The fourth-order valence-electron chi connectivity index (χ4n) is 4.75. The number of halogens is 1. The second-order valence-electron chi connectivity index (χ2n) is 12.3. The highest BCUT2D eigenvalue weighted by atomic mass is 127. The molecule has 282 valence electrons. The molecule has 0 amide bonds. The Hall–Kier alpha value is -6.22. The van der Waals surface area contributed by atoms with Crippen LogP contribution in [0.2, 0.25) is 0 Å². The lowest BCUT2D eigenvalue weighted by Gasteiger charge is -2.06. The molecule has 0 saturated heterocycles. The van der Waals surface area contributed by atoms with Crippen molar-refractivity contribution in [3.63, 3.8) is 0 Å². The van der Waals surface area contributed by atoms with Crippen LogP contribution in [0.25, 0.3) is 33.8 Å². The molecule has 15 nitrogen and oxygen atoms in total. The largest absolute Gasteiger partial charge is 0.278 e. The number of aromatic nitrogens is 6. The van der Waals surface area contributed by atoms with Crippen molar-refractivity contribution in [2.45, 2.75) is 35.6 Å². The van der Waals surface area contributed by atoms with E-state index in [2.05, 4.69) is 49.7 Å². The molecule has 3 aromatic carbocycles. The standard InChI is InChI=1S/C16H17N3O2.C10H8IN3O2.C10H9N3O2.2CH4/c1-16(2,3)10-9-12-11-18(4)17-15(12)13-7-5-6-8-14(13)19(20)21;1-13-6-8(11)10(12-13)7-4-2-3-5-9(7)14(15)16;1-12-7-6-9(11-12)8-4-2-3-5-10(8)13(14)15;;/h5-8,11H,1-4H3;2-6H,1H3;2-7H,1H3;2*1H4. The summed E-state index contributed by atoms with van der Waals surface area (Å²) in [5, 5.41) is 45.5. The van der Waals surface area contributed by atoms with Gasteiger partial charge >= 0.3 is 0 Å². The molecule has 54 heavy (non-hydrogen) atoms. The summed E-state index contributed by atoms with van der Waals surface area (Å²) in [6.07, 6.45) is 5.36. The topological polar surface area (TPSA) is 183 Å². The molecule has 0 aliphatic rings. The van der Waals surface area contributed by atoms with E-state index in [1.54, 1.807) is 108 Å². The van der Waals surface area contributed by atoms with Gasteiger partial charge in [0.1, 0.15) is 11.4 Å². The summed E-state index contributed by atoms with van der Waals surface area (Å²) in [7, 11) is 5.35. The van der Waals surface area contributed by atoms with E-state index in [9.17, 15) is 30.3 Å². The summed E-state index contributed by atoms with van der Waals surface area (Å²) in [4.78, 5) is 31.6. The van der Waals surface area contributed by atoms with E-state index < -0.39 is 9.85 Å². The fraction of sp³-hybridized carbons (Fsp3) is 0.237. The number of aryl methyl sites for hydroxylation is 3. The number of nitro groups is 3. The van der Waals surface area contributed by atoms with Crippen LogP contribution in [0.1, 0.15) is 41.2 Å². The Kier molecular flexibility index (Phi) is 15.5. The molecule has 0 spiro atoms. The van der Waals surface area contributed by atoms with Gasteiger partial charge in [-0.25, -0.2) is 0 Å². The van der Waals surface area contributed by atoms with Crippen molar-refractivity contribution in [3.8, 4) is 45.6 Å². The molecule has 0 aliphatic carbocycles. The zero-order valence-corrected chi connectivity index (χ0v) is 31.2. The molecule has 0 aliphatic heterocycles. The van der Waals surface area contributed by atoms with Crippen molar-refractivity contribution in [2.24, 2.45) is 26.6 Å². The van der Waals surface area contributed by atoms with Crippen LogP contribution < -0.4 is 0 Å². The maximum atomic E-state index is 11.2. The Morgan fingerprint density at radius 3 is 1.46 bits per heavy atom. The van der Waals surface area contributed by atoms with E-state index in [0.717, 1.165) is 3.57 Å². The Bertz CT molecular complexity index is 2310. The van der Waals surface area contributed by atoms with Crippen LogP contribution in [0, 0.1) is 51.2 Å². The molecule has 0 saturated carbocycles. The van der Waals surface area contributed by atoms with E-state index in [-0.39, 0.29) is 42.3 Å². The van der Waals surface area contributed by atoms with Gasteiger partial charge in [0.05, 0.1) is 46.3 Å². The third-order valence-electron chi connectivity index (χ3n) is 6.99. The molecule has 0 radical (unpaired) electrons. The van der Waals surface area contributed by atoms with E-state index in [4.69, 9.17) is 0 Å². The maximum Gasteiger partial charge on any atom is 0.278 e. The summed E-state index contributed by atoms with van der Waals surface area (Å²) < 4.78 is 5.79. The van der Waals surface area contributed by atoms with E-state index in [1.807, 2.05) is 27.0 Å². The van der Waals surface area contributed by atoms with Gasteiger partial charge in [-0.05, 0) is 67.6 Å². The quantitative estimate of drug-likeness (QED) is 0.0682. The second-order valence-corrected chi connectivity index (χ2v) is 13.4. The number of rotatable bonds is 6. The van der Waals surface area contributed by atoms with Crippen molar-refractivity contribution in [3.05, 3.63) is 137 Å². The molecule has 16 heteroatoms. The van der Waals surface area contributed by atoms with Crippen LogP contribution in [-0.2, 0) is 21.1 Å². The minimum Gasteiger partial charge on any atom is -0.275 e. The van der Waals surface area contributed by atoms with Crippen LogP contribution in [0.4, 0.5) is 17.1 Å². The first-order valence-corrected chi connectivity index (χ1v) is 16.6. The van der Waals surface area contributed by atoms with Crippen LogP contribution in [0.3, 0.4) is 0 Å². The Labute approximate surface area is 327 Å². The third-order valence-corrected chi connectivity index (χ3v) is 7.78. The number of hydrogen-bond donors (Lipinski definition) is 0. The minimum absolute atomic E-state index is 0. The Morgan fingerprint density at radius 1 is 0.611 bits per heavy atom. The first-order valence-electron chi connectivity index (χ1n) is 15.5. The average Bonchev–Trinajstić information content (AvgIpc) is 3.80. The summed E-state index contributed by atoms with van der Waals surface area (Å²) >= 11 is 2.12. The molecule has 6 rings (SSSR count). The number of hydrogen-bond acceptors (Lipinski definition) is 9. The normalized spacial score (nSPS) is 10.1. The molecule has 3 heterocycles. The van der Waals surface area contributed by atoms with Crippen molar-refractivity contribution in [1.82, 2.24) is 29.3 Å². The zero-order chi connectivity index (χ0) is 38.2. The predicted octanol–water partition coefficient (Wildman–Crippen LogP) is 9.26. The van der Waals surface area contributed by atoms with Gasteiger partial charge in [0.2, 0.25) is 0 Å². The van der Waals surface area contributed by atoms with Crippen LogP contribution in [-0.4, -0.2) is 44.1 Å². The number of nitro benzene ring substituents is 3. The molecular weight excluding hydrogens is 805 g/mol. The molecule has 0 atom stereocenters. The van der Waals surface area contributed by atoms with E-state index in [1.165, 1.54) is 18.2 Å². The SMILES string of the molecule is C.C.Cn1cc(C#CC(C)(C)C)c(-c2ccccc2[N+](=O)[O-])n1.Cn1cc(I)c(-c2ccccc2[N+](=O)[O-])n1.Cn1ccc(-c2ccccc2[N+](=O)[O-])n1. The highest BCUT2D eigenvalue weighted by Gasteiger charge is 2.21. The average molecular weight is 848 g/mol. The van der Waals surface area contributed by atoms with Gasteiger partial charge in [0, 0.05) is 63.3 Å². The summed E-state index contributed by atoms with van der Waals surface area (Å²) in [5.41, 5.74) is 4.14. The van der Waals surface area contributed by atoms with E-state index in [0.29, 0.717) is 39.3 Å². The predicted molar refractivity (Wildman–Crippen MR) is 218 cm³/mol. The van der Waals surface area contributed by atoms with Crippen LogP contribution in [0.5, 0.6) is 0 Å². The lowest BCUT2D eigenvalue weighted by molar-refractivity contribution is -0.384. The first kappa shape index (κ1) is 43.9. The zero-order valence-electron chi connectivity index (χ0n) is 29.1. The maximum absolute atomic E-state index is 11.2. The van der Waals surface area contributed by atoms with Gasteiger partial charge in [0.15, 0.2) is 0 Å². The van der Waals surface area contributed by atoms with Gasteiger partial charge in [-0.15, -0.1) is 0 Å². The number of nitrogens with zero attached hydrogens (tertiary/aromatic N) is 9. The highest BCUT2D eigenvalue weighted by Crippen LogP contribution is 2.32. The van der Waals surface area contributed by atoms with Gasteiger partial charge in [-0.3, -0.25) is 44.4 Å². The molecule has 0 bridgehead atoms. The Balaban J connectivity index is 0.000000279. The van der Waals surface area contributed by atoms with Crippen LogP contribution >= 0.6 is 22.6 Å². The molecule has 0 unspecified atom stereocenters. The lowest BCUT2D eigenvalue weighted by Crippen LogP contribution is -1.99. The van der Waals surface area contributed by atoms with E-state index >= 15 is 0 Å². The fourth-order valence-corrected chi connectivity index (χ4v) is 5.55. The van der Waals surface area contributed by atoms with Crippen molar-refractivity contribution < 1.29 is 14.8 Å². The Morgan fingerprint density at radius 2 is 1.04 bits per heavy atom. The summed E-state index contributed by atoms with van der Waals surface area (Å²) in [6, 6.07) is 21.5. The molecule has 6 aromatic rings. The monoisotopic (exact) mass is 847 g/mol. The van der Waals surface area contributed by atoms with Crippen molar-refractivity contribution in [2.75, 3.05) is 0 Å².